The average molecular weight is 404 g/mol. The van der Waals surface area contributed by atoms with Crippen LogP contribution in [0.3, 0.4) is 0 Å². The Balaban J connectivity index is 0.00000400. The maximum absolute atomic E-state index is 11.8. The van der Waals surface area contributed by atoms with Crippen molar-refractivity contribution in [1.29, 1.82) is 0 Å². The Morgan fingerprint density at radius 3 is 2.43 bits per heavy atom. The molecule has 0 unspecified atom stereocenters. The van der Waals surface area contributed by atoms with Crippen molar-refractivity contribution in [2.45, 2.75) is 20.8 Å². The van der Waals surface area contributed by atoms with Crippen LogP contribution in [-0.2, 0) is 4.79 Å². The Morgan fingerprint density at radius 1 is 1.19 bits per heavy atom. The summed E-state index contributed by atoms with van der Waals surface area (Å²) in [6, 6.07) is 9.38. The summed E-state index contributed by atoms with van der Waals surface area (Å²) in [5.74, 6) is 1.07. The van der Waals surface area contributed by atoms with E-state index in [1.54, 1.807) is 0 Å². The number of rotatable bonds is 6. The van der Waals surface area contributed by atoms with E-state index in [1.165, 1.54) is 0 Å². The number of aliphatic imine (C=N–C) groups is 1. The molecule has 6 heteroatoms. The van der Waals surface area contributed by atoms with Crippen molar-refractivity contribution in [3.05, 3.63) is 30.3 Å². The lowest BCUT2D eigenvalue weighted by atomic mass is 10.2. The SMILES string of the molecule is CCNC(=NCC(=O)Nc1ccccc1)NCC(C)C.I. The number of carbonyl (C=O) groups excluding carboxylic acids is 1. The Kier molecular flexibility index (Phi) is 10.7. The van der Waals surface area contributed by atoms with Gasteiger partial charge in [0.05, 0.1) is 0 Å². The number of nitrogens with zero attached hydrogens (tertiary/aromatic N) is 1. The van der Waals surface area contributed by atoms with Gasteiger partial charge in [0.1, 0.15) is 6.54 Å². The molecule has 1 rings (SSSR count). The molecule has 0 fully saturated rings. The molecular weight excluding hydrogens is 379 g/mol. The first-order valence-corrected chi connectivity index (χ1v) is 6.99. The molecule has 1 amide bonds. The van der Waals surface area contributed by atoms with E-state index in [9.17, 15) is 4.79 Å². The number of guanidine groups is 1. The largest absolute Gasteiger partial charge is 0.357 e. The quantitative estimate of drug-likeness (QED) is 0.388. The maximum atomic E-state index is 11.8. The Morgan fingerprint density at radius 2 is 1.86 bits per heavy atom. The zero-order chi connectivity index (χ0) is 14.8. The fourth-order valence-corrected chi connectivity index (χ4v) is 1.52. The molecule has 118 valence electrons. The molecule has 1 aromatic carbocycles. The third-order valence-electron chi connectivity index (χ3n) is 2.46. The predicted molar refractivity (Wildman–Crippen MR) is 99.3 cm³/mol. The lowest BCUT2D eigenvalue weighted by Gasteiger charge is -2.12. The van der Waals surface area contributed by atoms with Gasteiger partial charge in [0.2, 0.25) is 5.91 Å². The van der Waals surface area contributed by atoms with E-state index in [1.807, 2.05) is 37.3 Å². The van der Waals surface area contributed by atoms with Crippen molar-refractivity contribution in [3.8, 4) is 0 Å². The fraction of sp³-hybridized carbons (Fsp3) is 0.467. The number of benzene rings is 1. The van der Waals surface area contributed by atoms with Gasteiger partial charge in [-0.25, -0.2) is 4.99 Å². The van der Waals surface area contributed by atoms with Crippen LogP contribution in [0.5, 0.6) is 0 Å². The summed E-state index contributed by atoms with van der Waals surface area (Å²) < 4.78 is 0. The number of halogens is 1. The first-order valence-electron chi connectivity index (χ1n) is 6.99. The van der Waals surface area contributed by atoms with Crippen LogP contribution in [-0.4, -0.2) is 31.5 Å². The highest BCUT2D eigenvalue weighted by Crippen LogP contribution is 2.04. The monoisotopic (exact) mass is 404 g/mol. The van der Waals surface area contributed by atoms with Crippen molar-refractivity contribution in [2.75, 3.05) is 25.0 Å². The van der Waals surface area contributed by atoms with Crippen molar-refractivity contribution in [1.82, 2.24) is 10.6 Å². The van der Waals surface area contributed by atoms with Crippen LogP contribution in [0.4, 0.5) is 5.69 Å². The van der Waals surface area contributed by atoms with E-state index in [2.05, 4.69) is 34.8 Å². The molecule has 0 saturated carbocycles. The van der Waals surface area contributed by atoms with Crippen LogP contribution in [0.15, 0.2) is 35.3 Å². The molecule has 3 N–H and O–H groups in total. The van der Waals surface area contributed by atoms with E-state index in [4.69, 9.17) is 0 Å². The number of hydrogen-bond acceptors (Lipinski definition) is 2. The second-order valence-corrected chi connectivity index (χ2v) is 4.88. The standard InChI is InChI=1S/C15H24N4O.HI/c1-4-16-15(17-10-12(2)3)18-11-14(20)19-13-8-6-5-7-9-13;/h5-9,12H,4,10-11H2,1-3H3,(H,19,20)(H2,16,17,18);1H. The second kappa shape index (κ2) is 11.4. The molecule has 0 aliphatic rings. The molecule has 0 spiro atoms. The van der Waals surface area contributed by atoms with E-state index in [0.29, 0.717) is 11.9 Å². The van der Waals surface area contributed by atoms with E-state index < -0.39 is 0 Å². The number of hydrogen-bond donors (Lipinski definition) is 3. The van der Waals surface area contributed by atoms with Crippen LogP contribution >= 0.6 is 24.0 Å². The number of amides is 1. The minimum absolute atomic E-state index is 0. The van der Waals surface area contributed by atoms with Crippen molar-refractivity contribution < 1.29 is 4.79 Å². The molecule has 0 aliphatic heterocycles. The van der Waals surface area contributed by atoms with Gasteiger partial charge in [0.15, 0.2) is 5.96 Å². The molecule has 0 radical (unpaired) electrons. The summed E-state index contributed by atoms with van der Waals surface area (Å²) in [4.78, 5) is 16.0. The smallest absolute Gasteiger partial charge is 0.246 e. The molecule has 0 saturated heterocycles. The molecule has 0 aromatic heterocycles. The number of nitrogens with one attached hydrogen (secondary N) is 3. The van der Waals surface area contributed by atoms with E-state index in [-0.39, 0.29) is 36.4 Å². The fourth-order valence-electron chi connectivity index (χ4n) is 1.52. The van der Waals surface area contributed by atoms with Gasteiger partial charge in [-0.15, -0.1) is 24.0 Å². The summed E-state index contributed by atoms with van der Waals surface area (Å²) in [5, 5.41) is 9.12. The normalized spacial score (nSPS) is 10.8. The van der Waals surface area contributed by atoms with Crippen LogP contribution in [0.25, 0.3) is 0 Å². The molecule has 0 bridgehead atoms. The third-order valence-corrected chi connectivity index (χ3v) is 2.46. The number of carbonyl (C=O) groups is 1. The molecule has 0 atom stereocenters. The Labute approximate surface area is 144 Å². The molecule has 0 aliphatic carbocycles. The zero-order valence-electron chi connectivity index (χ0n) is 12.8. The summed E-state index contributed by atoms with van der Waals surface area (Å²) in [6.45, 7) is 7.94. The van der Waals surface area contributed by atoms with Gasteiger partial charge in [-0.05, 0) is 25.0 Å². The molecule has 1 aromatic rings. The predicted octanol–water partition coefficient (Wildman–Crippen LogP) is 2.45. The van der Waals surface area contributed by atoms with Gasteiger partial charge in [-0.1, -0.05) is 32.0 Å². The van der Waals surface area contributed by atoms with Gasteiger partial charge in [0.25, 0.3) is 0 Å². The summed E-state index contributed by atoms with van der Waals surface area (Å²) in [7, 11) is 0. The summed E-state index contributed by atoms with van der Waals surface area (Å²) in [6.07, 6.45) is 0. The lowest BCUT2D eigenvalue weighted by Crippen LogP contribution is -2.39. The highest BCUT2D eigenvalue weighted by atomic mass is 127. The van der Waals surface area contributed by atoms with Crippen LogP contribution in [0.2, 0.25) is 0 Å². The topological polar surface area (TPSA) is 65.5 Å². The summed E-state index contributed by atoms with van der Waals surface area (Å²) in [5.41, 5.74) is 0.785. The molecule has 0 heterocycles. The second-order valence-electron chi connectivity index (χ2n) is 4.88. The minimum Gasteiger partial charge on any atom is -0.357 e. The Bertz CT molecular complexity index is 435. The van der Waals surface area contributed by atoms with Crippen LogP contribution in [0.1, 0.15) is 20.8 Å². The summed E-state index contributed by atoms with van der Waals surface area (Å²) >= 11 is 0. The average Bonchev–Trinajstić information content (AvgIpc) is 2.43. The van der Waals surface area contributed by atoms with Crippen LogP contribution < -0.4 is 16.0 Å². The lowest BCUT2D eigenvalue weighted by molar-refractivity contribution is -0.114. The van der Waals surface area contributed by atoms with Crippen molar-refractivity contribution >= 4 is 41.5 Å². The van der Waals surface area contributed by atoms with Gasteiger partial charge in [0, 0.05) is 18.8 Å². The van der Waals surface area contributed by atoms with Gasteiger partial charge < -0.3 is 16.0 Å². The van der Waals surface area contributed by atoms with Gasteiger partial charge in [-0.3, -0.25) is 4.79 Å². The first kappa shape index (κ1) is 19.7. The van der Waals surface area contributed by atoms with Gasteiger partial charge in [-0.2, -0.15) is 0 Å². The highest BCUT2D eigenvalue weighted by Gasteiger charge is 2.03. The van der Waals surface area contributed by atoms with E-state index >= 15 is 0 Å². The van der Waals surface area contributed by atoms with E-state index in [0.717, 1.165) is 18.8 Å². The maximum Gasteiger partial charge on any atom is 0.246 e. The number of anilines is 1. The highest BCUT2D eigenvalue weighted by molar-refractivity contribution is 14.0. The number of para-hydroxylation sites is 1. The molecule has 5 nitrogen and oxygen atoms in total. The third kappa shape index (κ3) is 9.28. The van der Waals surface area contributed by atoms with Gasteiger partial charge >= 0.3 is 0 Å². The zero-order valence-corrected chi connectivity index (χ0v) is 15.2. The van der Waals surface area contributed by atoms with Crippen molar-refractivity contribution in [2.24, 2.45) is 10.9 Å². The van der Waals surface area contributed by atoms with Crippen molar-refractivity contribution in [3.63, 3.8) is 0 Å². The minimum atomic E-state index is -0.127. The van der Waals surface area contributed by atoms with Crippen LogP contribution in [0, 0.1) is 5.92 Å². The molecule has 21 heavy (non-hydrogen) atoms. The first-order chi connectivity index (χ1) is 9.61. The Hall–Kier alpha value is -1.31. The molecular formula is C15H25IN4O.